The number of benzene rings is 1. The summed E-state index contributed by atoms with van der Waals surface area (Å²) in [6.07, 6.45) is 7.58. The zero-order valence-electron chi connectivity index (χ0n) is 19.0. The molecule has 7 heteroatoms. The minimum absolute atomic E-state index is 0.0638. The molecule has 3 rings (SSSR count). The molecule has 1 aliphatic carbocycles. The van der Waals surface area contributed by atoms with Gasteiger partial charge in [-0.1, -0.05) is 25.0 Å². The zero-order chi connectivity index (χ0) is 21.9. The molecule has 1 atom stereocenters. The average molecular weight is 431 g/mol. The van der Waals surface area contributed by atoms with Crippen molar-refractivity contribution < 1.29 is 14.3 Å². The van der Waals surface area contributed by atoms with Crippen LogP contribution in [0.1, 0.15) is 57.4 Å². The van der Waals surface area contributed by atoms with Crippen LogP contribution in [0.5, 0.6) is 0 Å². The Morgan fingerprint density at radius 3 is 2.81 bits per heavy atom. The molecule has 0 radical (unpaired) electrons. The zero-order valence-corrected chi connectivity index (χ0v) is 19.0. The van der Waals surface area contributed by atoms with Crippen LogP contribution >= 0.6 is 0 Å². The van der Waals surface area contributed by atoms with Gasteiger partial charge in [-0.15, -0.1) is 0 Å². The van der Waals surface area contributed by atoms with Gasteiger partial charge in [-0.3, -0.25) is 4.79 Å². The monoisotopic (exact) mass is 430 g/mol. The highest BCUT2D eigenvalue weighted by molar-refractivity contribution is 5.94. The fourth-order valence-corrected chi connectivity index (χ4v) is 4.50. The number of ether oxygens (including phenoxy) is 2. The molecule has 1 saturated carbocycles. The fraction of sp³-hybridized carbons (Fsp3) is 0.667. The summed E-state index contributed by atoms with van der Waals surface area (Å²) in [6.45, 7) is 5.83. The van der Waals surface area contributed by atoms with Crippen molar-refractivity contribution in [2.24, 2.45) is 10.4 Å². The summed E-state index contributed by atoms with van der Waals surface area (Å²) in [4.78, 5) is 17.1. The van der Waals surface area contributed by atoms with Crippen LogP contribution in [0.3, 0.4) is 0 Å². The van der Waals surface area contributed by atoms with Crippen LogP contribution in [0.15, 0.2) is 29.3 Å². The Labute approximate surface area is 186 Å². The van der Waals surface area contributed by atoms with Gasteiger partial charge in [0, 0.05) is 39.1 Å². The van der Waals surface area contributed by atoms with Gasteiger partial charge < -0.3 is 25.4 Å². The number of carbonyl (C=O) groups excluding carboxylic acids is 1. The number of rotatable bonds is 10. The van der Waals surface area contributed by atoms with Crippen molar-refractivity contribution in [1.29, 1.82) is 0 Å². The number of carbonyl (C=O) groups is 1. The number of hydrogen-bond donors (Lipinski definition) is 3. The second kappa shape index (κ2) is 12.1. The molecule has 7 nitrogen and oxygen atoms in total. The van der Waals surface area contributed by atoms with Crippen LogP contribution < -0.4 is 16.0 Å². The molecule has 3 N–H and O–H groups in total. The number of methoxy groups -OCH3 is 1. The quantitative estimate of drug-likeness (QED) is 0.391. The first-order chi connectivity index (χ1) is 15.1. The lowest BCUT2D eigenvalue weighted by molar-refractivity contribution is -0.124. The number of nitrogens with zero attached hydrogens (tertiary/aromatic N) is 1. The van der Waals surface area contributed by atoms with Crippen LogP contribution in [-0.2, 0) is 20.8 Å². The molecule has 1 aromatic rings. The Morgan fingerprint density at radius 1 is 1.26 bits per heavy atom. The van der Waals surface area contributed by atoms with Crippen LogP contribution in [0.25, 0.3) is 0 Å². The van der Waals surface area contributed by atoms with Gasteiger partial charge in [0.2, 0.25) is 0 Å². The maximum atomic E-state index is 12.3. The normalized spacial score (nSPS) is 20.6. The van der Waals surface area contributed by atoms with Crippen LogP contribution in [-0.4, -0.2) is 51.4 Å². The molecule has 1 aliphatic heterocycles. The van der Waals surface area contributed by atoms with E-state index in [9.17, 15) is 4.79 Å². The maximum absolute atomic E-state index is 12.3. The lowest BCUT2D eigenvalue weighted by Crippen LogP contribution is -2.43. The molecule has 1 heterocycles. The Kier molecular flexibility index (Phi) is 9.15. The van der Waals surface area contributed by atoms with Gasteiger partial charge in [-0.05, 0) is 62.1 Å². The van der Waals surface area contributed by atoms with Gasteiger partial charge in [0.1, 0.15) is 6.10 Å². The highest BCUT2D eigenvalue weighted by atomic mass is 16.5. The van der Waals surface area contributed by atoms with Gasteiger partial charge in [-0.25, -0.2) is 4.99 Å². The molecule has 1 saturated heterocycles. The summed E-state index contributed by atoms with van der Waals surface area (Å²) >= 11 is 0. The van der Waals surface area contributed by atoms with E-state index in [0.29, 0.717) is 18.6 Å². The van der Waals surface area contributed by atoms with Crippen molar-refractivity contribution in [3.63, 3.8) is 0 Å². The van der Waals surface area contributed by atoms with E-state index < -0.39 is 0 Å². The summed E-state index contributed by atoms with van der Waals surface area (Å²) in [6, 6.07) is 7.88. The van der Waals surface area contributed by atoms with Crippen LogP contribution in [0.4, 0.5) is 5.69 Å². The van der Waals surface area contributed by atoms with Crippen molar-refractivity contribution in [2.75, 3.05) is 38.7 Å². The third-order valence-corrected chi connectivity index (χ3v) is 6.31. The van der Waals surface area contributed by atoms with E-state index in [2.05, 4.69) is 22.9 Å². The number of anilines is 1. The van der Waals surface area contributed by atoms with E-state index in [1.807, 2.05) is 24.3 Å². The number of aliphatic imine (C=N–C) groups is 1. The number of hydrogen-bond acceptors (Lipinski definition) is 4. The number of guanidine groups is 1. The molecule has 1 aromatic carbocycles. The molecule has 172 valence electrons. The van der Waals surface area contributed by atoms with Crippen molar-refractivity contribution in [2.45, 2.75) is 64.5 Å². The fourth-order valence-electron chi connectivity index (χ4n) is 4.50. The second-order valence-electron chi connectivity index (χ2n) is 8.69. The number of amides is 1. The van der Waals surface area contributed by atoms with E-state index in [1.54, 1.807) is 7.11 Å². The summed E-state index contributed by atoms with van der Waals surface area (Å²) in [5.74, 6) is 0.770. The maximum Gasteiger partial charge on any atom is 0.253 e. The average Bonchev–Trinajstić information content (AvgIpc) is 3.48. The van der Waals surface area contributed by atoms with Gasteiger partial charge in [0.05, 0.1) is 6.54 Å². The van der Waals surface area contributed by atoms with E-state index in [-0.39, 0.29) is 12.0 Å². The molecule has 1 unspecified atom stereocenters. The van der Waals surface area contributed by atoms with Crippen LogP contribution in [0.2, 0.25) is 0 Å². The minimum atomic E-state index is -0.327. The van der Waals surface area contributed by atoms with Gasteiger partial charge in [0.25, 0.3) is 5.91 Å². The van der Waals surface area contributed by atoms with E-state index in [1.165, 1.54) is 25.7 Å². The van der Waals surface area contributed by atoms with E-state index in [4.69, 9.17) is 14.5 Å². The second-order valence-corrected chi connectivity index (χ2v) is 8.69. The number of nitrogens with one attached hydrogen (secondary N) is 3. The predicted octanol–water partition coefficient (Wildman–Crippen LogP) is 3.46. The summed E-state index contributed by atoms with van der Waals surface area (Å²) in [5, 5.41) is 9.89. The third kappa shape index (κ3) is 7.21. The van der Waals surface area contributed by atoms with E-state index in [0.717, 1.165) is 56.2 Å². The molecule has 1 amide bonds. The van der Waals surface area contributed by atoms with Crippen molar-refractivity contribution in [3.05, 3.63) is 29.8 Å². The van der Waals surface area contributed by atoms with Crippen molar-refractivity contribution in [3.8, 4) is 0 Å². The van der Waals surface area contributed by atoms with Gasteiger partial charge >= 0.3 is 0 Å². The predicted molar refractivity (Wildman–Crippen MR) is 124 cm³/mol. The topological polar surface area (TPSA) is 84.0 Å². The highest BCUT2D eigenvalue weighted by Gasteiger charge is 2.33. The lowest BCUT2D eigenvalue weighted by Gasteiger charge is -2.30. The summed E-state index contributed by atoms with van der Waals surface area (Å²) in [5.41, 5.74) is 2.14. The Balaban J connectivity index is 1.57. The summed E-state index contributed by atoms with van der Waals surface area (Å²) < 4.78 is 10.8. The molecule has 0 aromatic heterocycles. The first kappa shape index (κ1) is 23.5. The molecule has 2 aliphatic rings. The first-order valence-corrected chi connectivity index (χ1v) is 11.7. The van der Waals surface area contributed by atoms with Crippen LogP contribution in [0, 0.1) is 5.41 Å². The Bertz CT molecular complexity index is 725. The van der Waals surface area contributed by atoms with E-state index >= 15 is 0 Å². The Hall–Kier alpha value is -2.12. The molecule has 31 heavy (non-hydrogen) atoms. The van der Waals surface area contributed by atoms with Gasteiger partial charge in [-0.2, -0.15) is 0 Å². The molecular weight excluding hydrogens is 392 g/mol. The molecule has 0 spiro atoms. The van der Waals surface area contributed by atoms with Crippen molar-refractivity contribution >= 4 is 17.6 Å². The third-order valence-electron chi connectivity index (χ3n) is 6.31. The lowest BCUT2D eigenvalue weighted by atomic mass is 9.83. The molecule has 0 bridgehead atoms. The highest BCUT2D eigenvalue weighted by Crippen LogP contribution is 2.40. The van der Waals surface area contributed by atoms with Gasteiger partial charge in [0.15, 0.2) is 5.96 Å². The van der Waals surface area contributed by atoms with Crippen molar-refractivity contribution in [1.82, 2.24) is 10.6 Å². The molecule has 2 fully saturated rings. The Morgan fingerprint density at radius 2 is 2.10 bits per heavy atom. The SMILES string of the molecule is CCNC(=NCc1cccc(NC(=O)C2CCCO2)c1)NCC1(CCOC)CCCC1. The summed E-state index contributed by atoms with van der Waals surface area (Å²) in [7, 11) is 1.78. The minimum Gasteiger partial charge on any atom is -0.385 e. The smallest absolute Gasteiger partial charge is 0.253 e. The molecular formula is C24H38N4O3. The first-order valence-electron chi connectivity index (χ1n) is 11.7. The standard InChI is InChI=1S/C24H38N4O3/c1-3-25-23(27-18-24(13-15-30-2)11-4-5-12-24)26-17-19-8-6-9-20(16-19)28-22(29)21-10-7-14-31-21/h6,8-9,16,21H,3-5,7,10-15,17-18H2,1-2H3,(H,28,29)(H2,25,26,27). The largest absolute Gasteiger partial charge is 0.385 e.